The Labute approximate surface area is 125 Å². The zero-order chi connectivity index (χ0) is 15.1. The maximum absolute atomic E-state index is 12.1. The number of hydrogen-bond acceptors (Lipinski definition) is 3. The molecule has 0 aromatic heterocycles. The first-order chi connectivity index (χ1) is 10.2. The molecule has 0 bridgehead atoms. The van der Waals surface area contributed by atoms with Crippen molar-refractivity contribution in [1.29, 1.82) is 0 Å². The summed E-state index contributed by atoms with van der Waals surface area (Å²) < 4.78 is 5.33. The van der Waals surface area contributed by atoms with Crippen molar-refractivity contribution in [2.45, 2.75) is 31.8 Å². The van der Waals surface area contributed by atoms with E-state index in [4.69, 9.17) is 4.74 Å². The van der Waals surface area contributed by atoms with Crippen LogP contribution in [0, 0.1) is 5.92 Å². The summed E-state index contributed by atoms with van der Waals surface area (Å²) in [5.41, 5.74) is 0.897. The molecule has 1 aliphatic heterocycles. The van der Waals surface area contributed by atoms with Crippen LogP contribution in [-0.2, 0) is 4.74 Å². The third-order valence-corrected chi connectivity index (χ3v) is 4.02. The predicted octanol–water partition coefficient (Wildman–Crippen LogP) is 1.83. The molecule has 1 aromatic rings. The van der Waals surface area contributed by atoms with Crippen LogP contribution in [0.1, 0.15) is 31.4 Å². The molecule has 2 unspecified atom stereocenters. The van der Waals surface area contributed by atoms with Gasteiger partial charge >= 0.3 is 6.03 Å². The Bertz CT molecular complexity index is 432. The van der Waals surface area contributed by atoms with Crippen LogP contribution in [0.3, 0.4) is 0 Å². The molecule has 0 saturated carbocycles. The van der Waals surface area contributed by atoms with Gasteiger partial charge in [-0.3, -0.25) is 0 Å². The van der Waals surface area contributed by atoms with Crippen LogP contribution in [0.4, 0.5) is 4.79 Å². The van der Waals surface area contributed by atoms with E-state index in [9.17, 15) is 9.90 Å². The van der Waals surface area contributed by atoms with Gasteiger partial charge in [-0.25, -0.2) is 4.79 Å². The number of rotatable bonds is 5. The average Bonchev–Trinajstić information content (AvgIpc) is 2.54. The smallest absolute Gasteiger partial charge is 0.315 e. The van der Waals surface area contributed by atoms with E-state index < -0.39 is 0 Å². The standard InChI is InChI=1S/C16H24N2O3/c1-12(13-7-9-21-10-8-13)17-16(20)18-15(11-19)14-5-3-2-4-6-14/h2-6,12-13,15,19H,7-11H2,1H3,(H2,17,18,20). The third-order valence-electron chi connectivity index (χ3n) is 4.02. The monoisotopic (exact) mass is 292 g/mol. The van der Waals surface area contributed by atoms with E-state index in [0.717, 1.165) is 31.6 Å². The van der Waals surface area contributed by atoms with E-state index in [1.54, 1.807) is 0 Å². The van der Waals surface area contributed by atoms with Crippen LogP contribution < -0.4 is 10.6 Å². The minimum atomic E-state index is -0.381. The highest BCUT2D eigenvalue weighted by Gasteiger charge is 2.22. The number of nitrogens with one attached hydrogen (secondary N) is 2. The molecule has 1 heterocycles. The number of carbonyl (C=O) groups excluding carboxylic acids is 1. The number of carbonyl (C=O) groups is 1. The van der Waals surface area contributed by atoms with E-state index in [2.05, 4.69) is 10.6 Å². The fraction of sp³-hybridized carbons (Fsp3) is 0.562. The Balaban J connectivity index is 1.85. The summed E-state index contributed by atoms with van der Waals surface area (Å²) in [6.45, 7) is 3.43. The molecule has 2 atom stereocenters. The zero-order valence-electron chi connectivity index (χ0n) is 12.4. The first-order valence-electron chi connectivity index (χ1n) is 7.51. The molecule has 3 N–H and O–H groups in total. The van der Waals surface area contributed by atoms with Gasteiger partial charge in [-0.1, -0.05) is 30.3 Å². The molecule has 1 aromatic carbocycles. The van der Waals surface area contributed by atoms with Gasteiger partial charge in [-0.2, -0.15) is 0 Å². The molecule has 1 fully saturated rings. The molecular weight excluding hydrogens is 268 g/mol. The molecule has 0 radical (unpaired) electrons. The maximum Gasteiger partial charge on any atom is 0.315 e. The highest BCUT2D eigenvalue weighted by atomic mass is 16.5. The first-order valence-corrected chi connectivity index (χ1v) is 7.51. The zero-order valence-corrected chi connectivity index (χ0v) is 12.4. The highest BCUT2D eigenvalue weighted by molar-refractivity contribution is 5.74. The largest absolute Gasteiger partial charge is 0.394 e. The van der Waals surface area contributed by atoms with Crippen molar-refractivity contribution >= 4 is 6.03 Å². The van der Waals surface area contributed by atoms with Gasteiger partial charge in [0.15, 0.2) is 0 Å². The number of aliphatic hydroxyl groups excluding tert-OH is 1. The molecule has 2 amide bonds. The highest BCUT2D eigenvalue weighted by Crippen LogP contribution is 2.18. The maximum atomic E-state index is 12.1. The Morgan fingerprint density at radius 2 is 1.95 bits per heavy atom. The van der Waals surface area contributed by atoms with Crippen LogP contribution in [0.2, 0.25) is 0 Å². The minimum absolute atomic E-state index is 0.101. The third kappa shape index (κ3) is 4.72. The van der Waals surface area contributed by atoms with Gasteiger partial charge in [0, 0.05) is 19.3 Å². The molecule has 21 heavy (non-hydrogen) atoms. The summed E-state index contributed by atoms with van der Waals surface area (Å²) in [5, 5.41) is 15.2. The number of benzene rings is 1. The quantitative estimate of drug-likeness (QED) is 0.775. The molecule has 1 aliphatic rings. The average molecular weight is 292 g/mol. The van der Waals surface area contributed by atoms with Gasteiger partial charge in [0.1, 0.15) is 0 Å². The molecule has 1 saturated heterocycles. The lowest BCUT2D eigenvalue weighted by Gasteiger charge is -2.29. The fourth-order valence-corrected chi connectivity index (χ4v) is 2.66. The topological polar surface area (TPSA) is 70.6 Å². The van der Waals surface area contributed by atoms with Gasteiger partial charge in [-0.15, -0.1) is 0 Å². The van der Waals surface area contributed by atoms with Crippen molar-refractivity contribution in [3.63, 3.8) is 0 Å². The fourth-order valence-electron chi connectivity index (χ4n) is 2.66. The van der Waals surface area contributed by atoms with Crippen molar-refractivity contribution in [2.75, 3.05) is 19.8 Å². The Kier molecular flexibility index (Phi) is 6.02. The summed E-state index contributed by atoms with van der Waals surface area (Å²) in [7, 11) is 0. The van der Waals surface area contributed by atoms with Crippen LogP contribution in [-0.4, -0.2) is 37.0 Å². The van der Waals surface area contributed by atoms with Gasteiger partial charge < -0.3 is 20.5 Å². The summed E-state index contributed by atoms with van der Waals surface area (Å²) in [6.07, 6.45) is 1.95. The second-order valence-electron chi connectivity index (χ2n) is 5.50. The molecule has 5 heteroatoms. The number of ether oxygens (including phenoxy) is 1. The Morgan fingerprint density at radius 1 is 1.29 bits per heavy atom. The van der Waals surface area contributed by atoms with Gasteiger partial charge in [0.05, 0.1) is 12.6 Å². The second-order valence-corrected chi connectivity index (χ2v) is 5.50. The lowest BCUT2D eigenvalue weighted by atomic mass is 9.93. The van der Waals surface area contributed by atoms with E-state index in [0.29, 0.717) is 5.92 Å². The second kappa shape index (κ2) is 8.00. The predicted molar refractivity (Wildman–Crippen MR) is 80.9 cm³/mol. The van der Waals surface area contributed by atoms with E-state index >= 15 is 0 Å². The summed E-state index contributed by atoms with van der Waals surface area (Å²) >= 11 is 0. The van der Waals surface area contributed by atoms with Crippen LogP contribution in [0.5, 0.6) is 0 Å². The van der Waals surface area contributed by atoms with Crippen LogP contribution in [0.25, 0.3) is 0 Å². The first kappa shape index (κ1) is 15.8. The van der Waals surface area contributed by atoms with Gasteiger partial charge in [0.2, 0.25) is 0 Å². The summed E-state index contributed by atoms with van der Waals surface area (Å²) in [6, 6.07) is 8.95. The lowest BCUT2D eigenvalue weighted by Crippen LogP contribution is -2.46. The Hall–Kier alpha value is -1.59. The van der Waals surface area contributed by atoms with Crippen molar-refractivity contribution in [3.05, 3.63) is 35.9 Å². The van der Waals surface area contributed by atoms with Gasteiger partial charge in [-0.05, 0) is 31.2 Å². The van der Waals surface area contributed by atoms with Crippen LogP contribution in [0.15, 0.2) is 30.3 Å². The van der Waals surface area contributed by atoms with Gasteiger partial charge in [0.25, 0.3) is 0 Å². The van der Waals surface area contributed by atoms with Crippen molar-refractivity contribution in [3.8, 4) is 0 Å². The Morgan fingerprint density at radius 3 is 2.57 bits per heavy atom. The SMILES string of the molecule is CC(NC(=O)NC(CO)c1ccccc1)C1CCOCC1. The summed E-state index contributed by atoms with van der Waals surface area (Å²) in [5.74, 6) is 0.453. The number of amides is 2. The van der Waals surface area contributed by atoms with Crippen molar-refractivity contribution < 1.29 is 14.6 Å². The molecule has 0 aliphatic carbocycles. The molecule has 116 valence electrons. The normalized spacial score (nSPS) is 18.8. The van der Waals surface area contributed by atoms with Crippen molar-refractivity contribution in [2.24, 2.45) is 5.92 Å². The molecule has 2 rings (SSSR count). The minimum Gasteiger partial charge on any atom is -0.394 e. The number of urea groups is 1. The van der Waals surface area contributed by atoms with E-state index in [1.165, 1.54) is 0 Å². The molecule has 0 spiro atoms. The van der Waals surface area contributed by atoms with E-state index in [1.807, 2.05) is 37.3 Å². The van der Waals surface area contributed by atoms with Crippen LogP contribution >= 0.6 is 0 Å². The number of aliphatic hydroxyl groups is 1. The summed E-state index contributed by atoms with van der Waals surface area (Å²) in [4.78, 5) is 12.1. The van der Waals surface area contributed by atoms with Crippen molar-refractivity contribution in [1.82, 2.24) is 10.6 Å². The van der Waals surface area contributed by atoms with E-state index in [-0.39, 0.29) is 24.7 Å². The molecule has 5 nitrogen and oxygen atoms in total. The number of hydrogen-bond donors (Lipinski definition) is 3. The lowest BCUT2D eigenvalue weighted by molar-refractivity contribution is 0.0570. The molecular formula is C16H24N2O3.